The van der Waals surface area contributed by atoms with Gasteiger partial charge in [-0.25, -0.2) is 4.98 Å². The summed E-state index contributed by atoms with van der Waals surface area (Å²) in [5, 5.41) is 6.49. The average Bonchev–Trinajstić information content (AvgIpc) is 3.38. The molecular weight excluding hydrogens is 400 g/mol. The van der Waals surface area contributed by atoms with Gasteiger partial charge in [0.2, 0.25) is 11.7 Å². The molecular formula is C18H16N4O4S2. The van der Waals surface area contributed by atoms with Crippen LogP contribution in [0.1, 0.15) is 5.89 Å². The second-order valence-corrected chi connectivity index (χ2v) is 7.65. The number of aromatic nitrogens is 4. The van der Waals surface area contributed by atoms with Gasteiger partial charge in [-0.3, -0.25) is 9.36 Å². The molecule has 0 saturated carbocycles. The second kappa shape index (κ2) is 7.64. The van der Waals surface area contributed by atoms with E-state index in [1.807, 2.05) is 11.4 Å². The Bertz CT molecular complexity index is 1180. The summed E-state index contributed by atoms with van der Waals surface area (Å²) >= 11 is 2.76. The smallest absolute Gasteiger partial charge is 0.271 e. The number of rotatable bonds is 6. The van der Waals surface area contributed by atoms with E-state index in [4.69, 9.17) is 14.0 Å². The Balaban J connectivity index is 1.56. The lowest BCUT2D eigenvalue weighted by Gasteiger charge is -2.06. The lowest BCUT2D eigenvalue weighted by Crippen LogP contribution is -2.18. The topological polar surface area (TPSA) is 92.3 Å². The van der Waals surface area contributed by atoms with E-state index in [2.05, 4.69) is 15.1 Å². The number of thioether (sulfide) groups is 1. The minimum absolute atomic E-state index is 0.0582. The van der Waals surface area contributed by atoms with E-state index >= 15 is 0 Å². The Kier molecular flexibility index (Phi) is 5.05. The zero-order chi connectivity index (χ0) is 19.7. The summed E-state index contributed by atoms with van der Waals surface area (Å²) in [5.41, 5.74) is 1.36. The molecule has 0 aliphatic rings. The number of thiophene rings is 1. The molecule has 8 nitrogen and oxygen atoms in total. The molecule has 0 aliphatic carbocycles. The van der Waals surface area contributed by atoms with E-state index < -0.39 is 0 Å². The number of methoxy groups -OCH3 is 2. The molecule has 0 radical (unpaired) electrons. The molecule has 0 saturated heterocycles. The number of hydrogen-bond donors (Lipinski definition) is 0. The minimum Gasteiger partial charge on any atom is -0.497 e. The number of hydrogen-bond acceptors (Lipinski definition) is 9. The largest absolute Gasteiger partial charge is 0.497 e. The molecule has 28 heavy (non-hydrogen) atoms. The third-order valence-electron chi connectivity index (χ3n) is 4.05. The molecule has 0 N–H and O–H groups in total. The Morgan fingerprint density at radius 1 is 1.18 bits per heavy atom. The van der Waals surface area contributed by atoms with Crippen LogP contribution in [-0.4, -0.2) is 33.9 Å². The van der Waals surface area contributed by atoms with Crippen molar-refractivity contribution in [3.63, 3.8) is 0 Å². The lowest BCUT2D eigenvalue weighted by molar-refractivity contribution is 0.390. The van der Waals surface area contributed by atoms with Crippen molar-refractivity contribution in [3.05, 3.63) is 45.9 Å². The first-order valence-corrected chi connectivity index (χ1v) is 10.1. The molecule has 10 heteroatoms. The summed E-state index contributed by atoms with van der Waals surface area (Å²) < 4.78 is 18.1. The van der Waals surface area contributed by atoms with Crippen molar-refractivity contribution in [2.45, 2.75) is 10.9 Å². The fourth-order valence-corrected chi connectivity index (χ4v) is 4.20. The van der Waals surface area contributed by atoms with Gasteiger partial charge in [0, 0.05) is 18.7 Å². The van der Waals surface area contributed by atoms with Gasteiger partial charge in [0.15, 0.2) is 5.16 Å². The van der Waals surface area contributed by atoms with Crippen LogP contribution >= 0.6 is 23.1 Å². The van der Waals surface area contributed by atoms with Crippen LogP contribution < -0.4 is 15.0 Å². The maximum Gasteiger partial charge on any atom is 0.271 e. The highest BCUT2D eigenvalue weighted by atomic mass is 32.2. The van der Waals surface area contributed by atoms with Gasteiger partial charge in [0.05, 0.1) is 25.5 Å². The molecule has 3 aromatic heterocycles. The number of fused-ring (bicyclic) bond motifs is 1. The molecule has 0 unspecified atom stereocenters. The highest BCUT2D eigenvalue weighted by Gasteiger charge is 2.14. The van der Waals surface area contributed by atoms with Crippen molar-refractivity contribution in [3.8, 4) is 22.9 Å². The third kappa shape index (κ3) is 3.48. The Labute approximate surface area is 168 Å². The predicted octanol–water partition coefficient (Wildman–Crippen LogP) is 3.35. The molecule has 144 valence electrons. The van der Waals surface area contributed by atoms with Crippen LogP contribution in [0.5, 0.6) is 11.5 Å². The van der Waals surface area contributed by atoms with Crippen LogP contribution in [0.2, 0.25) is 0 Å². The van der Waals surface area contributed by atoms with Crippen LogP contribution in [0.4, 0.5) is 0 Å². The van der Waals surface area contributed by atoms with Gasteiger partial charge < -0.3 is 14.0 Å². The minimum atomic E-state index is -0.0582. The molecule has 0 amide bonds. The van der Waals surface area contributed by atoms with Crippen LogP contribution in [0, 0.1) is 0 Å². The van der Waals surface area contributed by atoms with Crippen molar-refractivity contribution >= 4 is 33.3 Å². The molecule has 3 heterocycles. The van der Waals surface area contributed by atoms with Crippen LogP contribution in [0.15, 0.2) is 44.1 Å². The zero-order valence-electron chi connectivity index (χ0n) is 15.3. The summed E-state index contributed by atoms with van der Waals surface area (Å²) in [6.45, 7) is 0. The highest BCUT2D eigenvalue weighted by molar-refractivity contribution is 7.98. The molecule has 0 atom stereocenters. The van der Waals surface area contributed by atoms with Gasteiger partial charge in [-0.15, -0.1) is 11.3 Å². The molecule has 0 fully saturated rings. The molecule has 4 rings (SSSR count). The van der Waals surface area contributed by atoms with E-state index in [0.29, 0.717) is 44.3 Å². The number of ether oxygens (including phenoxy) is 2. The molecule has 0 spiro atoms. The SMILES string of the molecule is COc1cc(OC)cc(-c2noc(CSc3nc4ccsc4c(=O)n3C)n2)c1. The maximum absolute atomic E-state index is 12.4. The number of nitrogens with zero attached hydrogens (tertiary/aromatic N) is 4. The maximum atomic E-state index is 12.4. The van der Waals surface area contributed by atoms with Crippen LogP contribution in [0.25, 0.3) is 21.6 Å². The Hall–Kier alpha value is -2.85. The Morgan fingerprint density at radius 2 is 1.93 bits per heavy atom. The average molecular weight is 416 g/mol. The molecule has 0 bridgehead atoms. The normalized spacial score (nSPS) is 11.1. The second-order valence-electron chi connectivity index (χ2n) is 5.80. The van der Waals surface area contributed by atoms with Gasteiger partial charge in [-0.05, 0) is 23.6 Å². The van der Waals surface area contributed by atoms with E-state index in [1.54, 1.807) is 39.5 Å². The highest BCUT2D eigenvalue weighted by Crippen LogP contribution is 2.29. The summed E-state index contributed by atoms with van der Waals surface area (Å²) in [6.07, 6.45) is 0. The van der Waals surface area contributed by atoms with Crippen molar-refractivity contribution in [1.29, 1.82) is 0 Å². The molecule has 1 aromatic carbocycles. The number of benzene rings is 1. The Morgan fingerprint density at radius 3 is 2.64 bits per heavy atom. The monoisotopic (exact) mass is 416 g/mol. The first-order chi connectivity index (χ1) is 13.6. The summed E-state index contributed by atoms with van der Waals surface area (Å²) in [7, 11) is 4.87. The zero-order valence-corrected chi connectivity index (χ0v) is 17.0. The van der Waals surface area contributed by atoms with Crippen molar-refractivity contribution in [2.24, 2.45) is 7.05 Å². The van der Waals surface area contributed by atoms with Gasteiger partial charge in [-0.2, -0.15) is 4.98 Å². The summed E-state index contributed by atoms with van der Waals surface area (Å²) in [4.78, 5) is 21.3. The molecule has 0 aliphatic heterocycles. The van der Waals surface area contributed by atoms with E-state index in [9.17, 15) is 4.79 Å². The van der Waals surface area contributed by atoms with Crippen LogP contribution in [-0.2, 0) is 12.8 Å². The fourth-order valence-electron chi connectivity index (χ4n) is 2.59. The summed E-state index contributed by atoms with van der Waals surface area (Å²) in [6, 6.07) is 7.22. The van der Waals surface area contributed by atoms with Gasteiger partial charge in [0.25, 0.3) is 5.56 Å². The van der Waals surface area contributed by atoms with Crippen LogP contribution in [0.3, 0.4) is 0 Å². The van der Waals surface area contributed by atoms with E-state index in [1.165, 1.54) is 27.7 Å². The van der Waals surface area contributed by atoms with Gasteiger partial charge >= 0.3 is 0 Å². The van der Waals surface area contributed by atoms with Crippen molar-refractivity contribution < 1.29 is 14.0 Å². The van der Waals surface area contributed by atoms with Gasteiger partial charge in [-0.1, -0.05) is 16.9 Å². The van der Waals surface area contributed by atoms with Gasteiger partial charge in [0.1, 0.15) is 16.2 Å². The van der Waals surface area contributed by atoms with Crippen molar-refractivity contribution in [2.75, 3.05) is 14.2 Å². The first kappa shape index (κ1) is 18.5. The standard InChI is InChI=1S/C18H16N4O4S2/c1-22-17(23)15-13(4-5-27-15)19-18(22)28-9-14-20-16(21-26-14)10-6-11(24-2)8-12(7-10)25-3/h4-8H,9H2,1-3H3. The molecule has 4 aromatic rings. The third-order valence-corrected chi connectivity index (χ3v) is 5.96. The quantitative estimate of drug-likeness (QED) is 0.349. The van der Waals surface area contributed by atoms with Crippen molar-refractivity contribution in [1.82, 2.24) is 19.7 Å². The van der Waals surface area contributed by atoms with E-state index in [-0.39, 0.29) is 5.56 Å². The summed E-state index contributed by atoms with van der Waals surface area (Å²) in [5.74, 6) is 2.53. The lowest BCUT2D eigenvalue weighted by atomic mass is 10.2. The van der Waals surface area contributed by atoms with E-state index in [0.717, 1.165) is 5.56 Å². The first-order valence-electron chi connectivity index (χ1n) is 8.22. The predicted molar refractivity (Wildman–Crippen MR) is 107 cm³/mol. The fraction of sp³-hybridized carbons (Fsp3) is 0.222.